The second-order valence-corrected chi connectivity index (χ2v) is 6.25. The predicted octanol–water partition coefficient (Wildman–Crippen LogP) is 3.84. The molecule has 0 radical (unpaired) electrons. The number of aryl methyl sites for hydroxylation is 1. The van der Waals surface area contributed by atoms with Crippen LogP contribution in [0.5, 0.6) is 0 Å². The highest BCUT2D eigenvalue weighted by Gasteiger charge is 2.29. The van der Waals surface area contributed by atoms with Gasteiger partial charge in [-0.15, -0.1) is 0 Å². The molecule has 23 heavy (non-hydrogen) atoms. The molecule has 0 aromatic heterocycles. The van der Waals surface area contributed by atoms with Crippen LogP contribution in [-0.2, 0) is 11.2 Å². The van der Waals surface area contributed by atoms with E-state index in [-0.39, 0.29) is 5.91 Å². The molecule has 4 heteroatoms. The first-order valence-corrected chi connectivity index (χ1v) is 7.70. The number of carbonyl (C=O) groups excluding carboxylic acids is 1. The van der Waals surface area contributed by atoms with Crippen LogP contribution in [0.3, 0.4) is 0 Å². The van der Waals surface area contributed by atoms with Crippen molar-refractivity contribution in [2.24, 2.45) is 0 Å². The Labute approximate surface area is 134 Å². The molecular formula is C19H17N2O2+. The predicted molar refractivity (Wildman–Crippen MR) is 90.6 cm³/mol. The molecule has 2 aromatic rings. The van der Waals surface area contributed by atoms with E-state index < -0.39 is 0 Å². The first kappa shape index (κ1) is 13.9. The van der Waals surface area contributed by atoms with Gasteiger partial charge in [0.1, 0.15) is 0 Å². The van der Waals surface area contributed by atoms with E-state index in [2.05, 4.69) is 30.4 Å². The van der Waals surface area contributed by atoms with Crippen LogP contribution in [0.15, 0.2) is 36.4 Å². The van der Waals surface area contributed by atoms with Crippen molar-refractivity contribution in [2.75, 3.05) is 12.4 Å². The van der Waals surface area contributed by atoms with Gasteiger partial charge in [-0.05, 0) is 41.7 Å². The van der Waals surface area contributed by atoms with Crippen LogP contribution in [0.25, 0.3) is 11.1 Å². The highest BCUT2D eigenvalue weighted by molar-refractivity contribution is 6.12. The van der Waals surface area contributed by atoms with Crippen molar-refractivity contribution in [3.8, 4) is 0 Å². The Hall–Kier alpha value is -2.75. The number of nitrogens with zero attached hydrogens (tertiary/aromatic N) is 1. The van der Waals surface area contributed by atoms with E-state index in [1.54, 1.807) is 6.07 Å². The third-order valence-corrected chi connectivity index (χ3v) is 4.63. The molecule has 2 aromatic carbocycles. The maximum atomic E-state index is 12.3. The van der Waals surface area contributed by atoms with E-state index in [0.717, 1.165) is 33.6 Å². The summed E-state index contributed by atoms with van der Waals surface area (Å²) in [6.07, 6.45) is 1.18. The number of hydrogen-bond donors (Lipinski definition) is 1. The summed E-state index contributed by atoms with van der Waals surface area (Å²) in [4.78, 5) is 23.9. The van der Waals surface area contributed by atoms with Crippen molar-refractivity contribution in [1.29, 1.82) is 0 Å². The Kier molecular flexibility index (Phi) is 2.94. The number of carbonyl (C=O) groups is 1. The van der Waals surface area contributed by atoms with Crippen molar-refractivity contribution in [3.63, 3.8) is 0 Å². The summed E-state index contributed by atoms with van der Waals surface area (Å²) >= 11 is 0. The number of hydrogen-bond acceptors (Lipinski definition) is 2. The van der Waals surface area contributed by atoms with Gasteiger partial charge in [-0.1, -0.05) is 23.8 Å². The molecule has 0 bridgehead atoms. The summed E-state index contributed by atoms with van der Waals surface area (Å²) in [7, 11) is 1.49. The van der Waals surface area contributed by atoms with Gasteiger partial charge in [0.25, 0.3) is 5.69 Å². The zero-order valence-corrected chi connectivity index (χ0v) is 13.1. The van der Waals surface area contributed by atoms with Crippen LogP contribution in [0.4, 0.5) is 11.4 Å². The van der Waals surface area contributed by atoms with Gasteiger partial charge in [0, 0.05) is 33.1 Å². The largest absolute Gasteiger partial charge is 0.325 e. The fourth-order valence-electron chi connectivity index (χ4n) is 3.49. The summed E-state index contributed by atoms with van der Waals surface area (Å²) in [6.45, 7) is 2.06. The van der Waals surface area contributed by atoms with Gasteiger partial charge in [0.05, 0.1) is 6.42 Å². The minimum Gasteiger partial charge on any atom is -0.325 e. The van der Waals surface area contributed by atoms with Gasteiger partial charge in [-0.25, -0.2) is 0 Å². The smallest absolute Gasteiger partial charge is 0.256 e. The Morgan fingerprint density at radius 1 is 1.00 bits per heavy atom. The van der Waals surface area contributed by atoms with E-state index in [9.17, 15) is 9.70 Å². The number of anilines is 1. The van der Waals surface area contributed by atoms with Crippen LogP contribution in [0.2, 0.25) is 0 Å². The average molecular weight is 305 g/mol. The van der Waals surface area contributed by atoms with Crippen molar-refractivity contribution in [2.45, 2.75) is 19.8 Å². The van der Waals surface area contributed by atoms with Gasteiger partial charge in [0.2, 0.25) is 5.91 Å². The standard InChI is InChI=1S/C19H16N2O2/c1-11-3-4-12-8-15-16(14(12)7-11)10-19(22)20-18-6-5-13(21(2)23)9-17(15)18/h3-7,9H,8,10H2,1-2H3/p+1. The molecule has 0 unspecified atom stereocenters. The van der Waals surface area contributed by atoms with Crippen molar-refractivity contribution >= 4 is 28.4 Å². The molecule has 2 aliphatic rings. The summed E-state index contributed by atoms with van der Waals surface area (Å²) in [5.74, 6) is -0.00571. The molecule has 1 heterocycles. The van der Waals surface area contributed by atoms with Gasteiger partial charge in [-0.2, -0.15) is 0 Å². The monoisotopic (exact) mass is 305 g/mol. The molecule has 1 amide bonds. The lowest BCUT2D eigenvalue weighted by Crippen LogP contribution is -2.11. The van der Waals surface area contributed by atoms with Gasteiger partial charge >= 0.3 is 0 Å². The van der Waals surface area contributed by atoms with E-state index >= 15 is 0 Å². The van der Waals surface area contributed by atoms with E-state index in [1.807, 2.05) is 12.1 Å². The second kappa shape index (κ2) is 4.88. The van der Waals surface area contributed by atoms with Gasteiger partial charge in [0.15, 0.2) is 7.05 Å². The Morgan fingerprint density at radius 2 is 1.78 bits per heavy atom. The SMILES string of the molecule is Cc1ccc2c(c1)C1=C(C2)c2cc([N+](C)=O)ccc2NC(=O)C1. The van der Waals surface area contributed by atoms with E-state index in [4.69, 9.17) is 0 Å². The topological polar surface area (TPSA) is 49.2 Å². The van der Waals surface area contributed by atoms with E-state index in [1.165, 1.54) is 23.7 Å². The second-order valence-electron chi connectivity index (χ2n) is 6.25. The fourth-order valence-corrected chi connectivity index (χ4v) is 3.49. The van der Waals surface area contributed by atoms with Crippen LogP contribution < -0.4 is 5.32 Å². The molecule has 4 rings (SSSR count). The maximum absolute atomic E-state index is 12.3. The van der Waals surface area contributed by atoms with Crippen molar-refractivity contribution in [1.82, 2.24) is 0 Å². The van der Waals surface area contributed by atoms with Crippen molar-refractivity contribution in [3.05, 3.63) is 63.6 Å². The molecular weight excluding hydrogens is 288 g/mol. The van der Waals surface area contributed by atoms with Crippen molar-refractivity contribution < 1.29 is 9.55 Å². The number of benzene rings is 2. The van der Waals surface area contributed by atoms with Crippen LogP contribution in [0.1, 0.15) is 28.7 Å². The lowest BCUT2D eigenvalue weighted by Gasteiger charge is -2.09. The Bertz CT molecular complexity index is 910. The number of allylic oxidation sites excluding steroid dienone is 1. The lowest BCUT2D eigenvalue weighted by atomic mass is 9.97. The molecule has 4 nitrogen and oxygen atoms in total. The average Bonchev–Trinajstić information content (AvgIpc) is 2.78. The normalized spacial score (nSPS) is 15.5. The summed E-state index contributed by atoms with van der Waals surface area (Å²) < 4.78 is 0.847. The highest BCUT2D eigenvalue weighted by atomic mass is 16.3. The Balaban J connectivity index is 1.95. The number of fused-ring (bicyclic) bond motifs is 4. The molecule has 1 N–H and O–H groups in total. The zero-order chi connectivity index (χ0) is 16.1. The quantitative estimate of drug-likeness (QED) is 0.814. The van der Waals surface area contributed by atoms with Gasteiger partial charge < -0.3 is 5.32 Å². The summed E-state index contributed by atoms with van der Waals surface area (Å²) in [6, 6.07) is 11.8. The molecule has 0 fully saturated rings. The number of nitrogens with one attached hydrogen (secondary N) is 1. The van der Waals surface area contributed by atoms with Crippen LogP contribution in [-0.4, -0.2) is 17.7 Å². The molecule has 0 saturated carbocycles. The first-order valence-electron chi connectivity index (χ1n) is 7.70. The van der Waals surface area contributed by atoms with Crippen LogP contribution >= 0.6 is 0 Å². The first-order chi connectivity index (χ1) is 11.0. The number of amides is 1. The number of nitroso groups, excluding NO2 is 1. The fraction of sp³-hybridized carbons (Fsp3) is 0.211. The Morgan fingerprint density at radius 3 is 2.57 bits per heavy atom. The summed E-state index contributed by atoms with van der Waals surface area (Å²) in [5, 5.41) is 2.96. The molecule has 0 saturated heterocycles. The minimum atomic E-state index is -0.00571. The molecule has 1 aliphatic heterocycles. The molecule has 0 atom stereocenters. The number of rotatable bonds is 1. The van der Waals surface area contributed by atoms with E-state index in [0.29, 0.717) is 12.1 Å². The molecule has 1 aliphatic carbocycles. The highest BCUT2D eigenvalue weighted by Crippen LogP contribution is 2.45. The van der Waals surface area contributed by atoms with Gasteiger partial charge in [-0.3, -0.25) is 4.79 Å². The minimum absolute atomic E-state index is 0.00571. The third-order valence-electron chi connectivity index (χ3n) is 4.63. The molecule has 114 valence electrons. The summed E-state index contributed by atoms with van der Waals surface area (Å²) in [5.41, 5.74) is 8.20. The van der Waals surface area contributed by atoms with Crippen LogP contribution in [0, 0.1) is 11.8 Å². The maximum Gasteiger partial charge on any atom is 0.256 e. The molecule has 0 spiro atoms. The zero-order valence-electron chi connectivity index (χ0n) is 13.1. The lowest BCUT2D eigenvalue weighted by molar-refractivity contribution is -0.428. The third kappa shape index (κ3) is 2.18.